The molecule has 0 unspecified atom stereocenters. The van der Waals surface area contributed by atoms with E-state index in [4.69, 9.17) is 14.4 Å². The number of hydrogen-bond acceptors (Lipinski definition) is 4. The van der Waals surface area contributed by atoms with Crippen LogP contribution in [-0.4, -0.2) is 44.2 Å². The van der Waals surface area contributed by atoms with Gasteiger partial charge in [0, 0.05) is 6.61 Å². The van der Waals surface area contributed by atoms with Gasteiger partial charge < -0.3 is 9.84 Å². The molecule has 0 aliphatic heterocycles. The Morgan fingerprint density at radius 1 is 1.17 bits per heavy atom. The van der Waals surface area contributed by atoms with E-state index < -0.39 is 10.1 Å². The van der Waals surface area contributed by atoms with Crippen molar-refractivity contribution in [3.8, 4) is 0 Å². The van der Waals surface area contributed by atoms with Gasteiger partial charge in [0.1, 0.15) is 0 Å². The van der Waals surface area contributed by atoms with Crippen LogP contribution in [0.5, 0.6) is 0 Å². The van der Waals surface area contributed by atoms with E-state index in [0.717, 1.165) is 19.4 Å². The molecule has 0 aromatic heterocycles. The number of hydrogen-bond donors (Lipinski definition) is 2. The lowest BCUT2D eigenvalue weighted by Gasteiger charge is -2.02. The first kappa shape index (κ1) is 17.1. The molecule has 1 aromatic carbocycles. The fourth-order valence-corrected chi connectivity index (χ4v) is 1.19. The lowest BCUT2D eigenvalue weighted by Crippen LogP contribution is -2.01. The van der Waals surface area contributed by atoms with Crippen LogP contribution in [-0.2, 0) is 21.3 Å². The van der Waals surface area contributed by atoms with E-state index in [1.807, 2.05) is 18.2 Å². The van der Waals surface area contributed by atoms with Gasteiger partial charge in [-0.3, -0.25) is 4.55 Å². The Balaban J connectivity index is 0.000000494. The minimum atomic E-state index is -3.67. The molecule has 0 aliphatic rings. The predicted molar refractivity (Wildman–Crippen MR) is 70.1 cm³/mol. The maximum absolute atomic E-state index is 9.19. The van der Waals surface area contributed by atoms with E-state index in [1.165, 1.54) is 5.56 Å². The first-order valence-corrected chi connectivity index (χ1v) is 7.43. The molecule has 0 saturated heterocycles. The van der Waals surface area contributed by atoms with Gasteiger partial charge in [0.15, 0.2) is 0 Å². The number of aryl methyl sites for hydroxylation is 1. The van der Waals surface area contributed by atoms with E-state index in [2.05, 4.69) is 12.1 Å². The quantitative estimate of drug-likeness (QED) is 0.601. The smallest absolute Gasteiger partial charge is 0.261 e. The summed E-state index contributed by atoms with van der Waals surface area (Å²) in [6.45, 7) is 1.30. The SMILES string of the molecule is CS(=O)(=O)O.OCCOCCCc1ccccc1. The molecule has 0 saturated carbocycles. The molecule has 0 atom stereocenters. The van der Waals surface area contributed by atoms with Gasteiger partial charge in [0.2, 0.25) is 0 Å². The second-order valence-electron chi connectivity index (χ2n) is 3.66. The summed E-state index contributed by atoms with van der Waals surface area (Å²) in [5.41, 5.74) is 1.34. The Hall–Kier alpha value is -0.950. The molecule has 6 heteroatoms. The molecule has 0 spiro atoms. The van der Waals surface area contributed by atoms with Crippen molar-refractivity contribution in [2.75, 3.05) is 26.1 Å². The van der Waals surface area contributed by atoms with Crippen molar-refractivity contribution in [1.82, 2.24) is 0 Å². The highest BCUT2D eigenvalue weighted by Crippen LogP contribution is 2.01. The molecule has 5 nitrogen and oxygen atoms in total. The van der Waals surface area contributed by atoms with Crippen LogP contribution >= 0.6 is 0 Å². The molecular formula is C12H20O5S. The minimum absolute atomic E-state index is 0.116. The first-order chi connectivity index (χ1) is 8.43. The highest BCUT2D eigenvalue weighted by Gasteiger charge is 1.91. The number of aliphatic hydroxyl groups excluding tert-OH is 1. The molecular weight excluding hydrogens is 256 g/mol. The Morgan fingerprint density at radius 2 is 1.72 bits per heavy atom. The molecule has 0 bridgehead atoms. The van der Waals surface area contributed by atoms with Crippen molar-refractivity contribution in [3.63, 3.8) is 0 Å². The fraction of sp³-hybridized carbons (Fsp3) is 0.500. The molecule has 104 valence electrons. The normalized spacial score (nSPS) is 10.6. The third-order valence-corrected chi connectivity index (χ3v) is 1.83. The topological polar surface area (TPSA) is 83.8 Å². The van der Waals surface area contributed by atoms with E-state index in [1.54, 1.807) is 0 Å². The van der Waals surface area contributed by atoms with Gasteiger partial charge in [-0.15, -0.1) is 0 Å². The average molecular weight is 276 g/mol. The van der Waals surface area contributed by atoms with Gasteiger partial charge in [-0.2, -0.15) is 8.42 Å². The molecule has 1 rings (SSSR count). The zero-order chi connectivity index (χ0) is 13.9. The number of aliphatic hydroxyl groups is 1. The Bertz CT molecular complexity index is 380. The molecule has 0 amide bonds. The van der Waals surface area contributed by atoms with Crippen molar-refractivity contribution in [2.45, 2.75) is 12.8 Å². The van der Waals surface area contributed by atoms with E-state index >= 15 is 0 Å². The summed E-state index contributed by atoms with van der Waals surface area (Å²) in [4.78, 5) is 0. The van der Waals surface area contributed by atoms with Crippen LogP contribution in [0.25, 0.3) is 0 Å². The molecule has 0 aliphatic carbocycles. The molecule has 0 radical (unpaired) electrons. The summed E-state index contributed by atoms with van der Waals surface area (Å²) in [6, 6.07) is 10.3. The fourth-order valence-electron chi connectivity index (χ4n) is 1.19. The lowest BCUT2D eigenvalue weighted by atomic mass is 10.1. The van der Waals surface area contributed by atoms with Gasteiger partial charge >= 0.3 is 0 Å². The monoisotopic (exact) mass is 276 g/mol. The van der Waals surface area contributed by atoms with Crippen LogP contribution in [0.15, 0.2) is 30.3 Å². The first-order valence-electron chi connectivity index (χ1n) is 5.58. The molecule has 18 heavy (non-hydrogen) atoms. The number of benzene rings is 1. The maximum Gasteiger partial charge on any atom is 0.261 e. The average Bonchev–Trinajstić information content (AvgIpc) is 2.28. The molecule has 2 N–H and O–H groups in total. The molecule has 1 aromatic rings. The van der Waals surface area contributed by atoms with Gasteiger partial charge in [-0.05, 0) is 18.4 Å². The van der Waals surface area contributed by atoms with Crippen LogP contribution in [0.2, 0.25) is 0 Å². The second-order valence-corrected chi connectivity index (χ2v) is 5.12. The Morgan fingerprint density at radius 3 is 2.22 bits per heavy atom. The summed E-state index contributed by atoms with van der Waals surface area (Å²) in [5.74, 6) is 0. The summed E-state index contributed by atoms with van der Waals surface area (Å²) in [7, 11) is -3.67. The zero-order valence-electron chi connectivity index (χ0n) is 10.4. The van der Waals surface area contributed by atoms with Crippen molar-refractivity contribution < 1.29 is 22.8 Å². The summed E-state index contributed by atoms with van der Waals surface area (Å²) >= 11 is 0. The highest BCUT2D eigenvalue weighted by atomic mass is 32.2. The van der Waals surface area contributed by atoms with Crippen LogP contribution in [0.3, 0.4) is 0 Å². The van der Waals surface area contributed by atoms with Crippen LogP contribution in [0.4, 0.5) is 0 Å². The predicted octanol–water partition coefficient (Wildman–Crippen LogP) is 1.13. The van der Waals surface area contributed by atoms with Gasteiger partial charge in [0.05, 0.1) is 19.5 Å². The third kappa shape index (κ3) is 15.0. The standard InChI is InChI=1S/C11H16O2.CH4O3S/c12-8-10-13-9-4-7-11-5-2-1-3-6-11;1-5(2,3)4/h1-3,5-6,12H,4,7-10H2;1H3,(H,2,3,4). The summed E-state index contributed by atoms with van der Waals surface area (Å²) in [5, 5.41) is 8.46. The van der Waals surface area contributed by atoms with Gasteiger partial charge in [-0.1, -0.05) is 30.3 Å². The third-order valence-electron chi connectivity index (χ3n) is 1.83. The van der Waals surface area contributed by atoms with Crippen LogP contribution in [0.1, 0.15) is 12.0 Å². The highest BCUT2D eigenvalue weighted by molar-refractivity contribution is 7.85. The van der Waals surface area contributed by atoms with Crippen molar-refractivity contribution in [3.05, 3.63) is 35.9 Å². The summed E-state index contributed by atoms with van der Waals surface area (Å²) in [6.07, 6.45) is 2.78. The summed E-state index contributed by atoms with van der Waals surface area (Å²) < 4.78 is 31.0. The van der Waals surface area contributed by atoms with Crippen molar-refractivity contribution >= 4 is 10.1 Å². The van der Waals surface area contributed by atoms with E-state index in [0.29, 0.717) is 12.9 Å². The van der Waals surface area contributed by atoms with Crippen molar-refractivity contribution in [2.24, 2.45) is 0 Å². The maximum atomic E-state index is 9.19. The Labute approximate surface area is 108 Å². The van der Waals surface area contributed by atoms with Crippen LogP contribution < -0.4 is 0 Å². The number of ether oxygens (including phenoxy) is 1. The Kier molecular flexibility index (Phi) is 9.49. The van der Waals surface area contributed by atoms with Crippen molar-refractivity contribution in [1.29, 1.82) is 0 Å². The van der Waals surface area contributed by atoms with Gasteiger partial charge in [0.25, 0.3) is 10.1 Å². The van der Waals surface area contributed by atoms with E-state index in [9.17, 15) is 8.42 Å². The zero-order valence-corrected chi connectivity index (χ0v) is 11.3. The lowest BCUT2D eigenvalue weighted by molar-refractivity contribution is 0.0909. The van der Waals surface area contributed by atoms with Crippen LogP contribution in [0, 0.1) is 0 Å². The van der Waals surface area contributed by atoms with E-state index in [-0.39, 0.29) is 6.61 Å². The number of rotatable bonds is 6. The molecule has 0 fully saturated rings. The second kappa shape index (κ2) is 10.0. The largest absolute Gasteiger partial charge is 0.394 e. The molecule has 0 heterocycles. The minimum Gasteiger partial charge on any atom is -0.394 e. The van der Waals surface area contributed by atoms with Gasteiger partial charge in [-0.25, -0.2) is 0 Å².